The number of aromatic amines is 1. The smallest absolute Gasteiger partial charge is 0.251 e. The van der Waals surface area contributed by atoms with Crippen molar-refractivity contribution in [1.82, 2.24) is 10.3 Å². The number of benzene rings is 1. The Balaban J connectivity index is 1.97. The maximum Gasteiger partial charge on any atom is 0.251 e. The van der Waals surface area contributed by atoms with Gasteiger partial charge in [-0.05, 0) is 31.2 Å². The molecule has 1 aromatic heterocycles. The van der Waals surface area contributed by atoms with E-state index in [-0.39, 0.29) is 12.5 Å². The molecular formula is C15H20N2O3. The molecule has 0 aliphatic carbocycles. The van der Waals surface area contributed by atoms with Gasteiger partial charge in [0.1, 0.15) is 0 Å². The van der Waals surface area contributed by atoms with Crippen LogP contribution < -0.4 is 5.32 Å². The molecule has 0 saturated heterocycles. The van der Waals surface area contributed by atoms with Crippen molar-refractivity contribution in [3.05, 3.63) is 36.0 Å². The van der Waals surface area contributed by atoms with E-state index in [1.165, 1.54) is 0 Å². The molecule has 2 rings (SSSR count). The first-order valence-electron chi connectivity index (χ1n) is 6.58. The number of hydrogen-bond acceptors (Lipinski definition) is 3. The number of hydrogen-bond donors (Lipinski definition) is 3. The predicted molar refractivity (Wildman–Crippen MR) is 77.7 cm³/mol. The summed E-state index contributed by atoms with van der Waals surface area (Å²) < 4.78 is 4.93. The van der Waals surface area contributed by atoms with Crippen LogP contribution in [0.4, 0.5) is 0 Å². The van der Waals surface area contributed by atoms with Crippen LogP contribution in [-0.4, -0.2) is 41.9 Å². The Morgan fingerprint density at radius 2 is 2.25 bits per heavy atom. The highest BCUT2D eigenvalue weighted by molar-refractivity contribution is 5.98. The Labute approximate surface area is 117 Å². The third-order valence-electron chi connectivity index (χ3n) is 3.29. The van der Waals surface area contributed by atoms with E-state index in [0.717, 1.165) is 10.9 Å². The molecule has 1 atom stereocenters. The maximum absolute atomic E-state index is 12.1. The quantitative estimate of drug-likeness (QED) is 0.751. The maximum atomic E-state index is 12.1. The van der Waals surface area contributed by atoms with Crippen molar-refractivity contribution in [3.63, 3.8) is 0 Å². The van der Waals surface area contributed by atoms with Crippen molar-refractivity contribution in [2.45, 2.75) is 18.9 Å². The molecule has 0 spiro atoms. The number of aliphatic hydroxyl groups is 1. The third kappa shape index (κ3) is 3.59. The highest BCUT2D eigenvalue weighted by Crippen LogP contribution is 2.14. The lowest BCUT2D eigenvalue weighted by Crippen LogP contribution is -2.41. The van der Waals surface area contributed by atoms with Crippen molar-refractivity contribution in [3.8, 4) is 0 Å². The van der Waals surface area contributed by atoms with E-state index in [0.29, 0.717) is 18.6 Å². The van der Waals surface area contributed by atoms with E-state index in [1.807, 2.05) is 24.4 Å². The second-order valence-electron chi connectivity index (χ2n) is 5.20. The molecule has 5 nitrogen and oxygen atoms in total. The molecule has 0 saturated carbocycles. The van der Waals surface area contributed by atoms with Gasteiger partial charge in [0.2, 0.25) is 0 Å². The number of nitrogens with one attached hydrogen (secondary N) is 2. The number of methoxy groups -OCH3 is 1. The average Bonchev–Trinajstić information content (AvgIpc) is 2.90. The van der Waals surface area contributed by atoms with E-state index >= 15 is 0 Å². The van der Waals surface area contributed by atoms with Crippen molar-refractivity contribution in [2.24, 2.45) is 0 Å². The molecule has 0 fully saturated rings. The number of carbonyl (C=O) groups excluding carboxylic acids is 1. The number of amides is 1. The van der Waals surface area contributed by atoms with E-state index < -0.39 is 5.60 Å². The van der Waals surface area contributed by atoms with E-state index in [4.69, 9.17) is 4.74 Å². The number of fused-ring (bicyclic) bond motifs is 1. The molecular weight excluding hydrogens is 256 g/mol. The van der Waals surface area contributed by atoms with Crippen LogP contribution in [-0.2, 0) is 4.74 Å². The van der Waals surface area contributed by atoms with Gasteiger partial charge in [0, 0.05) is 49.3 Å². The number of carbonyl (C=O) groups is 1. The van der Waals surface area contributed by atoms with Gasteiger partial charge in [0.15, 0.2) is 0 Å². The summed E-state index contributed by atoms with van der Waals surface area (Å²) in [6.45, 7) is 2.33. The number of ether oxygens (including phenoxy) is 1. The van der Waals surface area contributed by atoms with Gasteiger partial charge >= 0.3 is 0 Å². The van der Waals surface area contributed by atoms with Gasteiger partial charge in [-0.15, -0.1) is 0 Å². The lowest BCUT2D eigenvalue weighted by molar-refractivity contribution is 0.0243. The largest absolute Gasteiger partial charge is 0.388 e. The summed E-state index contributed by atoms with van der Waals surface area (Å²) in [5, 5.41) is 13.8. The average molecular weight is 276 g/mol. The molecule has 1 amide bonds. The highest BCUT2D eigenvalue weighted by Gasteiger charge is 2.21. The van der Waals surface area contributed by atoms with Gasteiger partial charge in [-0.1, -0.05) is 0 Å². The molecule has 5 heteroatoms. The summed E-state index contributed by atoms with van der Waals surface area (Å²) in [5.41, 5.74) is 0.609. The molecule has 20 heavy (non-hydrogen) atoms. The van der Waals surface area contributed by atoms with Crippen LogP contribution in [0, 0.1) is 0 Å². The number of rotatable bonds is 6. The molecule has 3 N–H and O–H groups in total. The van der Waals surface area contributed by atoms with Crippen LogP contribution >= 0.6 is 0 Å². The third-order valence-corrected chi connectivity index (χ3v) is 3.29. The predicted octanol–water partition coefficient (Wildman–Crippen LogP) is 1.69. The Hall–Kier alpha value is -1.85. The summed E-state index contributed by atoms with van der Waals surface area (Å²) in [6.07, 6.45) is 2.31. The second-order valence-corrected chi connectivity index (χ2v) is 5.20. The number of aromatic nitrogens is 1. The zero-order valence-electron chi connectivity index (χ0n) is 11.8. The number of H-pyrrole nitrogens is 1. The lowest BCUT2D eigenvalue weighted by atomic mass is 10.0. The van der Waals surface area contributed by atoms with Gasteiger partial charge in [-0.3, -0.25) is 4.79 Å². The van der Waals surface area contributed by atoms with Crippen molar-refractivity contribution >= 4 is 16.8 Å². The fourth-order valence-corrected chi connectivity index (χ4v) is 1.98. The lowest BCUT2D eigenvalue weighted by Gasteiger charge is -2.23. The van der Waals surface area contributed by atoms with Gasteiger partial charge in [0.25, 0.3) is 5.91 Å². The van der Waals surface area contributed by atoms with Gasteiger partial charge in [-0.2, -0.15) is 0 Å². The van der Waals surface area contributed by atoms with Crippen LogP contribution in [0.15, 0.2) is 30.5 Å². The molecule has 1 unspecified atom stereocenters. The topological polar surface area (TPSA) is 74.3 Å². The van der Waals surface area contributed by atoms with Crippen LogP contribution in [0.25, 0.3) is 10.9 Å². The first-order valence-corrected chi connectivity index (χ1v) is 6.58. The fourth-order valence-electron chi connectivity index (χ4n) is 1.98. The first kappa shape index (κ1) is 14.6. The Bertz CT molecular complexity index is 590. The van der Waals surface area contributed by atoms with E-state index in [2.05, 4.69) is 10.3 Å². The second kappa shape index (κ2) is 6.07. The van der Waals surface area contributed by atoms with Crippen molar-refractivity contribution in [1.29, 1.82) is 0 Å². The van der Waals surface area contributed by atoms with Crippen LogP contribution in [0.1, 0.15) is 23.7 Å². The molecule has 2 aromatic rings. The van der Waals surface area contributed by atoms with Gasteiger partial charge in [0.05, 0.1) is 5.60 Å². The zero-order chi connectivity index (χ0) is 14.6. The van der Waals surface area contributed by atoms with E-state index in [1.54, 1.807) is 20.1 Å². The molecule has 0 bridgehead atoms. The van der Waals surface area contributed by atoms with Gasteiger partial charge < -0.3 is 20.1 Å². The van der Waals surface area contributed by atoms with Crippen LogP contribution in [0.3, 0.4) is 0 Å². The summed E-state index contributed by atoms with van der Waals surface area (Å²) in [6, 6.07) is 7.37. The summed E-state index contributed by atoms with van der Waals surface area (Å²) in [4.78, 5) is 15.1. The molecule has 108 valence electrons. The molecule has 0 aliphatic rings. The molecule has 0 aliphatic heterocycles. The van der Waals surface area contributed by atoms with Crippen LogP contribution in [0.5, 0.6) is 0 Å². The molecule has 0 radical (unpaired) electrons. The van der Waals surface area contributed by atoms with Crippen LogP contribution in [0.2, 0.25) is 0 Å². The van der Waals surface area contributed by atoms with Crippen molar-refractivity contribution < 1.29 is 14.6 Å². The first-order chi connectivity index (χ1) is 9.52. The standard InChI is InChI=1S/C15H20N2O3/c1-15(19,6-8-20-2)10-17-14(18)12-3-4-13-11(9-12)5-7-16-13/h3-5,7,9,16,19H,6,8,10H2,1-2H3,(H,17,18). The summed E-state index contributed by atoms with van der Waals surface area (Å²) in [5.74, 6) is -0.189. The summed E-state index contributed by atoms with van der Waals surface area (Å²) >= 11 is 0. The molecule has 1 aromatic carbocycles. The summed E-state index contributed by atoms with van der Waals surface area (Å²) in [7, 11) is 1.58. The van der Waals surface area contributed by atoms with E-state index in [9.17, 15) is 9.90 Å². The Kier molecular flexibility index (Phi) is 4.42. The zero-order valence-corrected chi connectivity index (χ0v) is 11.8. The Morgan fingerprint density at radius 1 is 1.45 bits per heavy atom. The minimum absolute atomic E-state index is 0.189. The van der Waals surface area contributed by atoms with Gasteiger partial charge in [-0.25, -0.2) is 0 Å². The highest BCUT2D eigenvalue weighted by atomic mass is 16.5. The van der Waals surface area contributed by atoms with Crippen molar-refractivity contribution in [2.75, 3.05) is 20.3 Å². The minimum Gasteiger partial charge on any atom is -0.388 e. The monoisotopic (exact) mass is 276 g/mol. The molecule has 1 heterocycles. The minimum atomic E-state index is -0.968. The SMILES string of the molecule is COCCC(C)(O)CNC(=O)c1ccc2[nH]ccc2c1. The fraction of sp³-hybridized carbons (Fsp3) is 0.400. The Morgan fingerprint density at radius 3 is 3.00 bits per heavy atom. The normalized spacial score (nSPS) is 14.2.